The van der Waals surface area contributed by atoms with Crippen molar-refractivity contribution in [3.8, 4) is 168 Å². The van der Waals surface area contributed by atoms with Gasteiger partial charge in [0, 0.05) is 37.2 Å². The number of pyridine rings is 4. The Morgan fingerprint density at radius 3 is 0.731 bits per heavy atom. The average molecular weight is 2000 g/mol. The van der Waals surface area contributed by atoms with Gasteiger partial charge in [0.05, 0.1) is 0 Å². The molecule has 0 saturated carbocycles. The molecule has 0 aliphatic carbocycles. The Hall–Kier alpha value is -10.5. The Bertz CT molecular complexity index is 5720. The molecular formula is C96H56Br4Ir2N6. The summed E-state index contributed by atoms with van der Waals surface area (Å²) < 4.78 is 3.93. The zero-order valence-corrected chi connectivity index (χ0v) is 68.3. The van der Waals surface area contributed by atoms with Gasteiger partial charge in [0.2, 0.25) is 0 Å². The largest absolute Gasteiger partial charge is 3.00 e. The van der Waals surface area contributed by atoms with E-state index in [0.29, 0.717) is 5.82 Å². The van der Waals surface area contributed by atoms with Crippen LogP contribution in [-0.2, 0) is 40.2 Å². The SMILES string of the molecule is Brc1cc(-c2ccccn2)[c-]cc1-c1ccccc1-c1cc(-c2ccccc2-c2c[c-]c(-c3ncccn3)[c-]c2)cc(-c2ccccc2-c2c[c-]c(-c3ccccn3)cc2Br)c1.Brc1cc(-c2ccccn2)[c-]cc1-c1ccccc1-c1cccc(-c2ccccc2-c2c[c-]c(-c3ccccn3)cc2Br)c1.[Ir+3].[Ir+3]. The molecule has 12 heteroatoms. The molecule has 17 aromatic rings. The summed E-state index contributed by atoms with van der Waals surface area (Å²) in [6.45, 7) is 0. The van der Waals surface area contributed by atoms with Crippen LogP contribution in [0.5, 0.6) is 0 Å². The van der Waals surface area contributed by atoms with Crippen molar-refractivity contribution in [2.24, 2.45) is 0 Å². The molecule has 0 atom stereocenters. The van der Waals surface area contributed by atoms with Crippen LogP contribution in [0.1, 0.15) is 0 Å². The topological polar surface area (TPSA) is 77.3 Å². The summed E-state index contributed by atoms with van der Waals surface area (Å²) >= 11 is 15.6. The van der Waals surface area contributed by atoms with Gasteiger partial charge in [-0.25, -0.2) is 17.7 Å². The number of aromatic nitrogens is 6. The van der Waals surface area contributed by atoms with Crippen LogP contribution < -0.4 is 0 Å². The van der Waals surface area contributed by atoms with Crippen LogP contribution in [0, 0.1) is 36.4 Å². The number of hydrogen-bond donors (Lipinski definition) is 0. The second-order valence-corrected chi connectivity index (χ2v) is 28.3. The van der Waals surface area contributed by atoms with E-state index in [4.69, 9.17) is 0 Å². The number of hydrogen-bond acceptors (Lipinski definition) is 6. The van der Waals surface area contributed by atoms with Crippen LogP contribution in [-0.4, -0.2) is 29.9 Å². The minimum atomic E-state index is 0. The van der Waals surface area contributed by atoms with Crippen molar-refractivity contribution in [3.63, 3.8) is 0 Å². The molecule has 0 radical (unpaired) electrons. The van der Waals surface area contributed by atoms with Gasteiger partial charge in [-0.3, -0.25) is 12.1 Å². The fraction of sp³-hybridized carbons (Fsp3) is 0. The third kappa shape index (κ3) is 16.3. The van der Waals surface area contributed by atoms with Crippen molar-refractivity contribution in [1.29, 1.82) is 0 Å². The summed E-state index contributed by atoms with van der Waals surface area (Å²) in [6, 6.07) is 125. The minimum Gasteiger partial charge on any atom is -0.333 e. The molecule has 0 saturated heterocycles. The minimum absolute atomic E-state index is 0. The molecule has 12 aromatic carbocycles. The van der Waals surface area contributed by atoms with Crippen LogP contribution in [0.15, 0.2) is 358 Å². The molecule has 6 nitrogen and oxygen atoms in total. The molecule has 516 valence electrons. The first-order valence-electron chi connectivity index (χ1n) is 34.2. The van der Waals surface area contributed by atoms with E-state index in [1.54, 1.807) is 43.2 Å². The summed E-state index contributed by atoms with van der Waals surface area (Å²) in [5.41, 5.74) is 29.8. The molecule has 0 fully saturated rings. The van der Waals surface area contributed by atoms with E-state index in [2.05, 4.69) is 342 Å². The van der Waals surface area contributed by atoms with Gasteiger partial charge in [0.1, 0.15) is 0 Å². The molecule has 5 aromatic heterocycles. The first-order chi connectivity index (χ1) is 52.2. The van der Waals surface area contributed by atoms with E-state index in [-0.39, 0.29) is 40.2 Å². The number of nitrogens with zero attached hydrogens (tertiary/aromatic N) is 6. The second kappa shape index (κ2) is 34.6. The zero-order valence-electron chi connectivity index (χ0n) is 57.2. The summed E-state index contributed by atoms with van der Waals surface area (Å²) in [4.78, 5) is 26.9. The average Bonchev–Trinajstić information content (AvgIpc) is 0.776. The Morgan fingerprint density at radius 2 is 0.444 bits per heavy atom. The molecule has 0 amide bonds. The molecule has 5 heterocycles. The Kier molecular flexibility index (Phi) is 23.8. The third-order valence-electron chi connectivity index (χ3n) is 18.4. The van der Waals surface area contributed by atoms with Gasteiger partial charge >= 0.3 is 40.2 Å². The second-order valence-electron chi connectivity index (χ2n) is 24.9. The fourth-order valence-electron chi connectivity index (χ4n) is 13.3. The van der Waals surface area contributed by atoms with Crippen LogP contribution in [0.25, 0.3) is 168 Å². The Balaban J connectivity index is 0.000000188. The molecule has 0 bridgehead atoms. The molecule has 0 spiro atoms. The van der Waals surface area contributed by atoms with E-state index >= 15 is 0 Å². The third-order valence-corrected chi connectivity index (χ3v) is 21.0. The summed E-state index contributed by atoms with van der Waals surface area (Å²) in [7, 11) is 0. The van der Waals surface area contributed by atoms with Gasteiger partial charge in [-0.05, 0) is 139 Å². The molecular weight excluding hydrogens is 1940 g/mol. The normalized spacial score (nSPS) is 10.8. The molecule has 0 aliphatic heterocycles. The maximum atomic E-state index is 4.56. The number of halogens is 4. The smallest absolute Gasteiger partial charge is 0.333 e. The predicted octanol–water partition coefficient (Wildman–Crippen LogP) is 26.6. The van der Waals surface area contributed by atoms with E-state index < -0.39 is 0 Å². The van der Waals surface area contributed by atoms with Crippen LogP contribution in [0.4, 0.5) is 0 Å². The van der Waals surface area contributed by atoms with Gasteiger partial charge in [0.25, 0.3) is 0 Å². The van der Waals surface area contributed by atoms with Crippen molar-refractivity contribution in [2.45, 2.75) is 0 Å². The summed E-state index contributed by atoms with van der Waals surface area (Å²) in [5.74, 6) is 0.591. The predicted molar refractivity (Wildman–Crippen MR) is 445 cm³/mol. The van der Waals surface area contributed by atoms with Crippen LogP contribution >= 0.6 is 63.7 Å². The maximum Gasteiger partial charge on any atom is 3.00 e. The van der Waals surface area contributed by atoms with E-state index in [9.17, 15) is 0 Å². The van der Waals surface area contributed by atoms with Gasteiger partial charge in [-0.15, -0.1) is 95.1 Å². The van der Waals surface area contributed by atoms with E-state index in [1.807, 2.05) is 84.9 Å². The zero-order chi connectivity index (χ0) is 71.7. The number of rotatable bonds is 15. The molecule has 17 rings (SSSR count). The van der Waals surface area contributed by atoms with Crippen molar-refractivity contribution >= 4 is 63.7 Å². The van der Waals surface area contributed by atoms with Crippen molar-refractivity contribution < 1.29 is 40.2 Å². The Labute approximate surface area is 689 Å². The van der Waals surface area contributed by atoms with Gasteiger partial charge in [-0.1, -0.05) is 320 Å². The first-order valence-corrected chi connectivity index (χ1v) is 37.4. The van der Waals surface area contributed by atoms with Crippen molar-refractivity contribution in [1.82, 2.24) is 29.9 Å². The Morgan fingerprint density at radius 1 is 0.194 bits per heavy atom. The van der Waals surface area contributed by atoms with Crippen molar-refractivity contribution in [3.05, 3.63) is 395 Å². The van der Waals surface area contributed by atoms with Crippen molar-refractivity contribution in [2.75, 3.05) is 0 Å². The van der Waals surface area contributed by atoms with E-state index in [0.717, 1.165) is 180 Å². The molecule has 0 aliphatic rings. The van der Waals surface area contributed by atoms with Gasteiger partial charge in [-0.2, -0.15) is 5.56 Å². The number of benzene rings is 12. The summed E-state index contributed by atoms with van der Waals surface area (Å²) in [5, 5.41) is 0. The fourth-order valence-corrected chi connectivity index (χ4v) is 15.5. The molecule has 0 unspecified atom stereocenters. The molecule has 108 heavy (non-hydrogen) atoms. The van der Waals surface area contributed by atoms with E-state index in [1.165, 1.54) is 0 Å². The summed E-state index contributed by atoms with van der Waals surface area (Å²) in [6.07, 6.45) is 10.7. The maximum absolute atomic E-state index is 4.56. The van der Waals surface area contributed by atoms with Gasteiger partial charge < -0.3 is 29.9 Å². The first kappa shape index (κ1) is 74.4. The van der Waals surface area contributed by atoms with Gasteiger partial charge in [0.15, 0.2) is 0 Å². The quantitative estimate of drug-likeness (QED) is 0.0952. The monoisotopic (exact) mass is 1990 g/mol. The molecule has 0 N–H and O–H groups in total. The van der Waals surface area contributed by atoms with Crippen LogP contribution in [0.2, 0.25) is 0 Å². The van der Waals surface area contributed by atoms with Crippen LogP contribution in [0.3, 0.4) is 0 Å². The standard InChI is InChI=1S/C56H32Br2N4.C40H24Br2N2.2Ir/c57-52-35-39(54-18-7-9-28-59-54)24-26-50(52)48-16-5-3-14-46(48)42-32-41(45-13-2-1-12-44(45)37-20-22-38(23-21-37)56-61-30-11-31-62-56)33-43(34-42)47-15-4-6-17-49(47)51-27-25-40(36-53(51)58)55-19-8-10-29-60-55;41-37-25-29(39-16-5-7-22-43-39)18-20-35(37)33-14-3-1-12-31(33)27-10-9-11-28(24-27)32-13-2-4-15-34(32)36-21-19-30(26-38(36)42)40-17-6-8-23-44-40;;/h1-21,26-36H;1-17,20-26H;;/q-4;-2;2*+3.